The number of ether oxygens (including phenoxy) is 5. The van der Waals surface area contributed by atoms with Gasteiger partial charge in [-0.2, -0.15) is 0 Å². The zero-order valence-electron chi connectivity index (χ0n) is 25.8. The van der Waals surface area contributed by atoms with E-state index in [2.05, 4.69) is 6.58 Å². The monoisotopic (exact) mass is 592 g/mol. The summed E-state index contributed by atoms with van der Waals surface area (Å²) in [5, 5.41) is 12.4. The number of hydrogen-bond acceptors (Lipinski definition) is 11. The first-order valence-electron chi connectivity index (χ1n) is 14.5. The van der Waals surface area contributed by atoms with Crippen molar-refractivity contribution >= 4 is 29.8 Å². The summed E-state index contributed by atoms with van der Waals surface area (Å²) in [5.41, 5.74) is -2.42. The van der Waals surface area contributed by atoms with Crippen molar-refractivity contribution in [3.63, 3.8) is 0 Å². The van der Waals surface area contributed by atoms with Gasteiger partial charge in [0.2, 0.25) is 0 Å². The van der Waals surface area contributed by atoms with Crippen LogP contribution >= 0.6 is 0 Å². The van der Waals surface area contributed by atoms with Gasteiger partial charge < -0.3 is 28.8 Å². The zero-order valence-corrected chi connectivity index (χ0v) is 25.8. The number of carbonyl (C=O) groups is 5. The van der Waals surface area contributed by atoms with E-state index in [1.54, 1.807) is 26.8 Å². The lowest BCUT2D eigenvalue weighted by molar-refractivity contribution is -0.236. The van der Waals surface area contributed by atoms with Crippen LogP contribution in [0.3, 0.4) is 0 Å². The van der Waals surface area contributed by atoms with Gasteiger partial charge in [-0.15, -0.1) is 0 Å². The second-order valence-electron chi connectivity index (χ2n) is 12.2. The largest absolute Gasteiger partial charge is 0.461 e. The third-order valence-electron chi connectivity index (χ3n) is 9.14. The Kier molecular flexibility index (Phi) is 9.96. The molecule has 1 heterocycles. The van der Waals surface area contributed by atoms with Gasteiger partial charge in [0.25, 0.3) is 0 Å². The minimum Gasteiger partial charge on any atom is -0.461 e. The average molecular weight is 593 g/mol. The van der Waals surface area contributed by atoms with Crippen LogP contribution in [0.25, 0.3) is 0 Å². The summed E-state index contributed by atoms with van der Waals surface area (Å²) in [6.45, 7) is 16.4. The number of allylic oxidation sites excluding steroid dienone is 1. The molecule has 1 saturated heterocycles. The van der Waals surface area contributed by atoms with Crippen LogP contribution in [0, 0.1) is 23.2 Å². The maximum absolute atomic E-state index is 13.3. The van der Waals surface area contributed by atoms with Gasteiger partial charge in [-0.3, -0.25) is 24.0 Å². The molecular formula is C31H44O11. The number of fused-ring (bicyclic) bond motifs is 2. The minimum absolute atomic E-state index is 0.0135. The molecule has 1 saturated carbocycles. The highest BCUT2D eigenvalue weighted by molar-refractivity contribution is 5.78. The van der Waals surface area contributed by atoms with Gasteiger partial charge in [-0.1, -0.05) is 38.5 Å². The standard InChI is InChI=1S/C31H44O11/c1-10-16(3)28(35)41-23-12-11-15(2)13-24-31(37,18(5)29(36)42-24)27(40-21(8)34)25-17(4)14-22(38-19(6)32)26(30(23,25)9)39-20(7)33/h13,16,18,22-27,37H,4,10-12,14H2,1-3,5-9H3/b15-13-/t16-,18+,22+,23+,24+,25+,26+,27+,30-,31+/m1/s1. The lowest BCUT2D eigenvalue weighted by Gasteiger charge is -2.57. The molecule has 0 bridgehead atoms. The fourth-order valence-electron chi connectivity index (χ4n) is 6.69. The summed E-state index contributed by atoms with van der Waals surface area (Å²) in [7, 11) is 0. The van der Waals surface area contributed by atoms with Crippen molar-refractivity contribution in [3.8, 4) is 0 Å². The van der Waals surface area contributed by atoms with Gasteiger partial charge in [0.1, 0.15) is 24.4 Å². The van der Waals surface area contributed by atoms with E-state index < -0.39 is 89.1 Å². The molecule has 2 aliphatic carbocycles. The third-order valence-corrected chi connectivity index (χ3v) is 9.14. The molecule has 1 aliphatic heterocycles. The maximum atomic E-state index is 13.3. The van der Waals surface area contributed by atoms with Crippen LogP contribution in [-0.2, 0) is 47.7 Å². The van der Waals surface area contributed by atoms with Crippen molar-refractivity contribution in [2.45, 2.75) is 117 Å². The molecular weight excluding hydrogens is 548 g/mol. The Bertz CT molecular complexity index is 1160. The van der Waals surface area contributed by atoms with Crippen molar-refractivity contribution < 1.29 is 52.8 Å². The summed E-state index contributed by atoms with van der Waals surface area (Å²) in [6.07, 6.45) is -3.13. The molecule has 234 valence electrons. The van der Waals surface area contributed by atoms with Gasteiger partial charge in [-0.25, -0.2) is 0 Å². The Morgan fingerprint density at radius 3 is 2.19 bits per heavy atom. The van der Waals surface area contributed by atoms with Crippen LogP contribution in [0.2, 0.25) is 0 Å². The molecule has 0 unspecified atom stereocenters. The second-order valence-corrected chi connectivity index (χ2v) is 12.2. The van der Waals surface area contributed by atoms with E-state index in [4.69, 9.17) is 23.7 Å². The lowest BCUT2D eigenvalue weighted by Crippen LogP contribution is -2.68. The van der Waals surface area contributed by atoms with Crippen molar-refractivity contribution in [2.24, 2.45) is 23.2 Å². The SMILES string of the molecule is C=C1C[C@H](OC(C)=O)[C@H](OC(C)=O)[C@]2(C)[C@@H](OC(=O)[C@H](C)CC)CC/C(C)=C\[C@@H]3OC(=O)[C@H](C)[C@@]3(O)[C@@H](OC(C)=O)[C@H]12. The Labute approximate surface area is 246 Å². The third kappa shape index (κ3) is 6.11. The fourth-order valence-corrected chi connectivity index (χ4v) is 6.69. The van der Waals surface area contributed by atoms with Gasteiger partial charge in [0.15, 0.2) is 11.7 Å². The number of esters is 5. The molecule has 10 atom stereocenters. The minimum atomic E-state index is -2.07. The van der Waals surface area contributed by atoms with Gasteiger partial charge in [0.05, 0.1) is 17.3 Å². The number of aliphatic hydroxyl groups is 1. The lowest BCUT2D eigenvalue weighted by atomic mass is 9.54. The second kappa shape index (κ2) is 12.6. The summed E-state index contributed by atoms with van der Waals surface area (Å²) in [6, 6.07) is 0. The molecule has 2 fully saturated rings. The van der Waals surface area contributed by atoms with Crippen LogP contribution in [0.15, 0.2) is 23.8 Å². The first kappa shape index (κ1) is 33.3. The molecule has 0 spiro atoms. The normalized spacial score (nSPS) is 38.4. The van der Waals surface area contributed by atoms with E-state index in [1.807, 2.05) is 6.92 Å². The van der Waals surface area contributed by atoms with E-state index in [1.165, 1.54) is 27.7 Å². The van der Waals surface area contributed by atoms with E-state index in [0.29, 0.717) is 18.4 Å². The first-order valence-corrected chi connectivity index (χ1v) is 14.5. The molecule has 0 aromatic heterocycles. The molecule has 0 amide bonds. The van der Waals surface area contributed by atoms with E-state index in [9.17, 15) is 29.1 Å². The first-order chi connectivity index (χ1) is 19.5. The molecule has 1 N–H and O–H groups in total. The quantitative estimate of drug-likeness (QED) is 0.275. The number of carbonyl (C=O) groups excluding carboxylic acids is 5. The average Bonchev–Trinajstić information content (AvgIpc) is 3.10. The van der Waals surface area contributed by atoms with Crippen molar-refractivity contribution in [1.29, 1.82) is 0 Å². The van der Waals surface area contributed by atoms with Crippen LogP contribution in [0.5, 0.6) is 0 Å². The van der Waals surface area contributed by atoms with Crippen molar-refractivity contribution in [2.75, 3.05) is 0 Å². The smallest absolute Gasteiger partial charge is 0.312 e. The predicted octanol–water partition coefficient (Wildman–Crippen LogP) is 3.35. The Morgan fingerprint density at radius 2 is 1.64 bits per heavy atom. The van der Waals surface area contributed by atoms with Crippen molar-refractivity contribution in [1.82, 2.24) is 0 Å². The van der Waals surface area contributed by atoms with Crippen LogP contribution in [0.4, 0.5) is 0 Å². The number of rotatable bonds is 6. The van der Waals surface area contributed by atoms with Crippen LogP contribution in [-0.4, -0.2) is 71.1 Å². The molecule has 11 nitrogen and oxygen atoms in total. The highest BCUT2D eigenvalue weighted by Crippen LogP contribution is 2.56. The highest BCUT2D eigenvalue weighted by Gasteiger charge is 2.69. The van der Waals surface area contributed by atoms with Crippen LogP contribution < -0.4 is 0 Å². The van der Waals surface area contributed by atoms with Gasteiger partial charge in [0, 0.05) is 33.1 Å². The molecule has 3 rings (SSSR count). The van der Waals surface area contributed by atoms with E-state index >= 15 is 0 Å². The van der Waals surface area contributed by atoms with Gasteiger partial charge >= 0.3 is 29.8 Å². The Morgan fingerprint density at radius 1 is 1.07 bits per heavy atom. The van der Waals surface area contributed by atoms with Crippen LogP contribution in [0.1, 0.15) is 81.1 Å². The summed E-state index contributed by atoms with van der Waals surface area (Å²) < 4.78 is 29.2. The van der Waals surface area contributed by atoms with Gasteiger partial charge in [-0.05, 0) is 39.2 Å². The van der Waals surface area contributed by atoms with E-state index in [0.717, 1.165) is 5.57 Å². The molecule has 11 heteroatoms. The molecule has 0 radical (unpaired) electrons. The fraction of sp³-hybridized carbons (Fsp3) is 0.710. The summed E-state index contributed by atoms with van der Waals surface area (Å²) >= 11 is 0. The number of hydrogen-bond donors (Lipinski definition) is 1. The summed E-state index contributed by atoms with van der Waals surface area (Å²) in [5.74, 6) is -5.85. The maximum Gasteiger partial charge on any atom is 0.312 e. The Hall–Kier alpha value is -3.21. The Balaban J connectivity index is 2.40. The van der Waals surface area contributed by atoms with E-state index in [-0.39, 0.29) is 12.8 Å². The topological polar surface area (TPSA) is 152 Å². The molecule has 0 aromatic carbocycles. The molecule has 42 heavy (non-hydrogen) atoms. The highest BCUT2D eigenvalue weighted by atomic mass is 16.6. The van der Waals surface area contributed by atoms with Crippen molar-refractivity contribution in [3.05, 3.63) is 23.8 Å². The molecule has 3 aliphatic rings. The zero-order chi connectivity index (χ0) is 31.7. The molecule has 0 aromatic rings. The summed E-state index contributed by atoms with van der Waals surface area (Å²) in [4.78, 5) is 63.6. The predicted molar refractivity (Wildman–Crippen MR) is 148 cm³/mol.